The van der Waals surface area contributed by atoms with Crippen molar-refractivity contribution in [3.8, 4) is 5.75 Å². The van der Waals surface area contributed by atoms with E-state index < -0.39 is 16.5 Å². The van der Waals surface area contributed by atoms with Crippen molar-refractivity contribution in [1.82, 2.24) is 15.4 Å². The Morgan fingerprint density at radius 1 is 1.13 bits per heavy atom. The number of nitrogens with zero attached hydrogens (tertiary/aromatic N) is 3. The summed E-state index contributed by atoms with van der Waals surface area (Å²) in [7, 11) is 0. The monoisotopic (exact) mass is 462 g/mol. The van der Waals surface area contributed by atoms with Crippen molar-refractivity contribution in [2.45, 2.75) is 6.92 Å². The van der Waals surface area contributed by atoms with Gasteiger partial charge in [0, 0.05) is 10.7 Å². The fourth-order valence-corrected chi connectivity index (χ4v) is 3.02. The molecule has 2 aromatic carbocycles. The molecule has 3 aromatic rings. The lowest BCUT2D eigenvalue weighted by molar-refractivity contribution is -0.383. The van der Waals surface area contributed by atoms with Crippen molar-refractivity contribution in [1.29, 1.82) is 0 Å². The van der Waals surface area contributed by atoms with E-state index in [0.29, 0.717) is 23.1 Å². The SMILES string of the molecule is CCOc1ccc(Nc2ncnc(NNC(=O)c3ccc(Cl)cc3Cl)c2[N+](=O)[O-])cc1. The number of aromatic nitrogens is 2. The number of hydrogen-bond donors (Lipinski definition) is 3. The number of nitrogens with one attached hydrogen (secondary N) is 3. The maximum atomic E-state index is 12.4. The van der Waals surface area contributed by atoms with Gasteiger partial charge in [0.05, 0.1) is 22.1 Å². The van der Waals surface area contributed by atoms with E-state index in [2.05, 4.69) is 26.1 Å². The van der Waals surface area contributed by atoms with Gasteiger partial charge in [0.1, 0.15) is 12.1 Å². The number of hydrazine groups is 1. The summed E-state index contributed by atoms with van der Waals surface area (Å²) in [5.74, 6) is -0.246. The number of hydrogen-bond acceptors (Lipinski definition) is 8. The van der Waals surface area contributed by atoms with Gasteiger partial charge in [0.2, 0.25) is 11.6 Å². The Morgan fingerprint density at radius 2 is 1.84 bits per heavy atom. The van der Waals surface area contributed by atoms with E-state index in [4.69, 9.17) is 27.9 Å². The number of rotatable bonds is 8. The number of anilines is 3. The van der Waals surface area contributed by atoms with E-state index in [1.54, 1.807) is 24.3 Å². The van der Waals surface area contributed by atoms with Crippen LogP contribution in [0.1, 0.15) is 17.3 Å². The lowest BCUT2D eigenvalue weighted by Gasteiger charge is -2.12. The van der Waals surface area contributed by atoms with Crippen LogP contribution >= 0.6 is 23.2 Å². The van der Waals surface area contributed by atoms with Crippen molar-refractivity contribution in [2.75, 3.05) is 17.3 Å². The lowest BCUT2D eigenvalue weighted by atomic mass is 10.2. The molecule has 0 unspecified atom stereocenters. The molecular weight excluding hydrogens is 447 g/mol. The lowest BCUT2D eigenvalue weighted by Crippen LogP contribution is -2.30. The van der Waals surface area contributed by atoms with Crippen LogP contribution in [0.15, 0.2) is 48.8 Å². The van der Waals surface area contributed by atoms with E-state index in [-0.39, 0.29) is 22.2 Å². The third-order valence-corrected chi connectivity index (χ3v) is 4.45. The molecule has 0 spiro atoms. The van der Waals surface area contributed by atoms with Crippen LogP contribution in [0.5, 0.6) is 5.75 Å². The van der Waals surface area contributed by atoms with Crippen LogP contribution in [0, 0.1) is 10.1 Å². The second kappa shape index (κ2) is 9.92. The van der Waals surface area contributed by atoms with Gasteiger partial charge in [0.15, 0.2) is 0 Å². The van der Waals surface area contributed by atoms with Crippen molar-refractivity contribution in [3.63, 3.8) is 0 Å². The summed E-state index contributed by atoms with van der Waals surface area (Å²) < 4.78 is 5.37. The molecule has 3 N–H and O–H groups in total. The second-order valence-electron chi connectivity index (χ2n) is 5.96. The summed E-state index contributed by atoms with van der Waals surface area (Å²) in [4.78, 5) is 31.1. The topological polar surface area (TPSA) is 131 Å². The van der Waals surface area contributed by atoms with Crippen molar-refractivity contribution >= 4 is 52.1 Å². The van der Waals surface area contributed by atoms with Gasteiger partial charge in [-0.25, -0.2) is 9.97 Å². The highest BCUT2D eigenvalue weighted by Crippen LogP contribution is 2.31. The number of amides is 1. The van der Waals surface area contributed by atoms with E-state index in [1.807, 2.05) is 6.92 Å². The van der Waals surface area contributed by atoms with Gasteiger partial charge in [-0.15, -0.1) is 0 Å². The highest BCUT2D eigenvalue weighted by molar-refractivity contribution is 6.36. The fourth-order valence-electron chi connectivity index (χ4n) is 2.53. The van der Waals surface area contributed by atoms with Crippen LogP contribution in [0.4, 0.5) is 23.0 Å². The number of carbonyl (C=O) groups is 1. The van der Waals surface area contributed by atoms with Gasteiger partial charge in [-0.3, -0.25) is 25.8 Å². The first-order valence-electron chi connectivity index (χ1n) is 8.89. The van der Waals surface area contributed by atoms with E-state index in [0.717, 1.165) is 6.33 Å². The van der Waals surface area contributed by atoms with E-state index >= 15 is 0 Å². The molecule has 1 aromatic heterocycles. The number of ether oxygens (including phenoxy) is 1. The summed E-state index contributed by atoms with van der Waals surface area (Å²) >= 11 is 11.8. The standard InChI is InChI=1S/C19H16Cl2N6O4/c1-2-31-13-6-4-12(5-7-13)24-17-16(27(29)30)18(23-10-22-17)25-26-19(28)14-8-3-11(20)9-15(14)21/h3-10H,2H2,1H3,(H,26,28)(H2,22,23,24,25). The Labute approximate surface area is 186 Å². The normalized spacial score (nSPS) is 10.3. The van der Waals surface area contributed by atoms with Crippen LogP contribution in [0.2, 0.25) is 10.0 Å². The predicted molar refractivity (Wildman–Crippen MR) is 117 cm³/mol. The van der Waals surface area contributed by atoms with Crippen LogP contribution in [0.25, 0.3) is 0 Å². The maximum Gasteiger partial charge on any atom is 0.355 e. The first-order valence-corrected chi connectivity index (χ1v) is 9.65. The molecule has 0 aliphatic rings. The Bertz CT molecular complexity index is 1110. The molecule has 31 heavy (non-hydrogen) atoms. The predicted octanol–water partition coefficient (Wildman–Crippen LogP) is 4.59. The van der Waals surface area contributed by atoms with E-state index in [9.17, 15) is 14.9 Å². The molecule has 0 saturated carbocycles. The van der Waals surface area contributed by atoms with Crippen molar-refractivity contribution in [2.24, 2.45) is 0 Å². The zero-order valence-corrected chi connectivity index (χ0v) is 17.6. The second-order valence-corrected chi connectivity index (χ2v) is 6.81. The summed E-state index contributed by atoms with van der Waals surface area (Å²) in [5.41, 5.74) is 4.99. The molecular formula is C19H16Cl2N6O4. The molecule has 160 valence electrons. The smallest absolute Gasteiger partial charge is 0.355 e. The average Bonchev–Trinajstić information content (AvgIpc) is 2.73. The zero-order chi connectivity index (χ0) is 22.4. The molecule has 0 aliphatic carbocycles. The number of benzene rings is 2. The van der Waals surface area contributed by atoms with Crippen molar-refractivity contribution in [3.05, 3.63) is 74.5 Å². The van der Waals surface area contributed by atoms with Crippen molar-refractivity contribution < 1.29 is 14.5 Å². The van der Waals surface area contributed by atoms with Gasteiger partial charge in [-0.05, 0) is 49.4 Å². The molecule has 0 bridgehead atoms. The minimum Gasteiger partial charge on any atom is -0.494 e. The molecule has 12 heteroatoms. The van der Waals surface area contributed by atoms with Crippen LogP contribution < -0.4 is 20.9 Å². The maximum absolute atomic E-state index is 12.4. The Kier molecular flexibility index (Phi) is 7.06. The molecule has 3 rings (SSSR count). The van der Waals surface area contributed by atoms with Gasteiger partial charge in [-0.1, -0.05) is 23.2 Å². The third-order valence-electron chi connectivity index (χ3n) is 3.90. The quantitative estimate of drug-likeness (QED) is 0.327. The number of nitro groups is 1. The average molecular weight is 463 g/mol. The van der Waals surface area contributed by atoms with Gasteiger partial charge in [0.25, 0.3) is 5.91 Å². The first kappa shape index (κ1) is 22.1. The molecule has 0 aliphatic heterocycles. The van der Waals surface area contributed by atoms with Gasteiger partial charge >= 0.3 is 5.69 Å². The molecule has 10 nitrogen and oxygen atoms in total. The highest BCUT2D eigenvalue weighted by atomic mass is 35.5. The largest absolute Gasteiger partial charge is 0.494 e. The third kappa shape index (κ3) is 5.50. The molecule has 0 fully saturated rings. The van der Waals surface area contributed by atoms with Gasteiger partial charge < -0.3 is 10.1 Å². The van der Waals surface area contributed by atoms with Gasteiger partial charge in [-0.2, -0.15) is 0 Å². The highest BCUT2D eigenvalue weighted by Gasteiger charge is 2.24. The summed E-state index contributed by atoms with van der Waals surface area (Å²) in [6.07, 6.45) is 1.12. The molecule has 1 heterocycles. The zero-order valence-electron chi connectivity index (χ0n) is 16.1. The number of halogens is 2. The Balaban J connectivity index is 1.79. The molecule has 1 amide bonds. The summed E-state index contributed by atoms with van der Waals surface area (Å²) in [5, 5.41) is 15.0. The summed E-state index contributed by atoms with van der Waals surface area (Å²) in [6, 6.07) is 11.1. The van der Waals surface area contributed by atoms with Crippen LogP contribution in [-0.2, 0) is 0 Å². The molecule has 0 atom stereocenters. The molecule has 0 saturated heterocycles. The Morgan fingerprint density at radius 3 is 2.48 bits per heavy atom. The number of carbonyl (C=O) groups excluding carboxylic acids is 1. The first-order chi connectivity index (χ1) is 14.9. The fraction of sp³-hybridized carbons (Fsp3) is 0.105. The van der Waals surface area contributed by atoms with E-state index in [1.165, 1.54) is 18.2 Å². The summed E-state index contributed by atoms with van der Waals surface area (Å²) in [6.45, 7) is 2.39. The molecule has 0 radical (unpaired) electrons. The minimum absolute atomic E-state index is 0.0644. The van der Waals surface area contributed by atoms with Crippen LogP contribution in [-0.4, -0.2) is 27.4 Å². The van der Waals surface area contributed by atoms with Crippen LogP contribution in [0.3, 0.4) is 0 Å². The Hall–Kier alpha value is -3.63. The minimum atomic E-state index is -0.666.